The molecule has 0 unspecified atom stereocenters. The van der Waals surface area contributed by atoms with Gasteiger partial charge < -0.3 is 10.2 Å². The van der Waals surface area contributed by atoms with Crippen molar-refractivity contribution in [2.45, 2.75) is 6.92 Å². The van der Waals surface area contributed by atoms with Gasteiger partial charge >= 0.3 is 0 Å². The van der Waals surface area contributed by atoms with Gasteiger partial charge in [0.15, 0.2) is 17.5 Å². The highest BCUT2D eigenvalue weighted by atomic mass is 19.2. The van der Waals surface area contributed by atoms with Crippen molar-refractivity contribution in [2.75, 3.05) is 16.8 Å². The predicted molar refractivity (Wildman–Crippen MR) is 84.1 cm³/mol. The fourth-order valence-corrected chi connectivity index (χ4v) is 2.10. The van der Waals surface area contributed by atoms with Gasteiger partial charge in [-0.1, -0.05) is 6.07 Å². The van der Waals surface area contributed by atoms with Crippen LogP contribution in [0.1, 0.15) is 12.5 Å². The lowest BCUT2D eigenvalue weighted by molar-refractivity contribution is -0.120. The molecule has 0 spiro atoms. The first-order valence-corrected chi connectivity index (χ1v) is 7.05. The third kappa shape index (κ3) is 4.14. The van der Waals surface area contributed by atoms with Crippen molar-refractivity contribution in [2.24, 2.45) is 0 Å². The number of benzene rings is 2. The summed E-state index contributed by atoms with van der Waals surface area (Å²) in [4.78, 5) is 24.5. The van der Waals surface area contributed by atoms with Crippen LogP contribution < -0.4 is 10.2 Å². The molecule has 0 atom stereocenters. The highest BCUT2D eigenvalue weighted by Crippen LogP contribution is 2.24. The topological polar surface area (TPSA) is 73.2 Å². The number of nitriles is 1. The average molecular weight is 347 g/mol. The van der Waals surface area contributed by atoms with E-state index in [9.17, 15) is 22.8 Å². The Morgan fingerprint density at radius 1 is 1.16 bits per heavy atom. The summed E-state index contributed by atoms with van der Waals surface area (Å²) in [5.41, 5.74) is 0.0681. The zero-order valence-electron chi connectivity index (χ0n) is 13.0. The first kappa shape index (κ1) is 18.0. The van der Waals surface area contributed by atoms with Crippen molar-refractivity contribution < 1.29 is 22.8 Å². The van der Waals surface area contributed by atoms with Crippen molar-refractivity contribution >= 4 is 23.2 Å². The Hall–Kier alpha value is -3.34. The molecule has 1 N–H and O–H groups in total. The van der Waals surface area contributed by atoms with Gasteiger partial charge in [-0.3, -0.25) is 9.59 Å². The number of carbonyl (C=O) groups is 2. The molecular formula is C17H12F3N3O2. The Labute approximate surface area is 141 Å². The summed E-state index contributed by atoms with van der Waals surface area (Å²) >= 11 is 0. The number of hydrogen-bond donors (Lipinski definition) is 1. The molecule has 2 aromatic carbocycles. The molecule has 2 amide bonds. The standard InChI is InChI=1S/C17H12F3N3O2/c1-10(24)23(14-6-5-13(18)16(19)17(14)20)9-15(25)22-12-4-2-3-11(7-12)8-21/h2-7H,9H2,1H3,(H,22,25). The number of halogens is 3. The predicted octanol–water partition coefficient (Wildman–Crippen LogP) is 2.97. The number of anilines is 2. The largest absolute Gasteiger partial charge is 0.324 e. The first-order chi connectivity index (χ1) is 11.8. The minimum Gasteiger partial charge on any atom is -0.324 e. The maximum atomic E-state index is 13.9. The fraction of sp³-hybridized carbons (Fsp3) is 0.118. The molecule has 5 nitrogen and oxygen atoms in total. The molecular weight excluding hydrogens is 335 g/mol. The van der Waals surface area contributed by atoms with E-state index in [1.54, 1.807) is 6.07 Å². The average Bonchev–Trinajstić information content (AvgIpc) is 2.58. The summed E-state index contributed by atoms with van der Waals surface area (Å²) < 4.78 is 40.3. The molecule has 0 aliphatic rings. The van der Waals surface area contributed by atoms with Gasteiger partial charge in [0.2, 0.25) is 11.8 Å². The van der Waals surface area contributed by atoms with Crippen LogP contribution in [0, 0.1) is 28.8 Å². The van der Waals surface area contributed by atoms with Crippen LogP contribution in [0.2, 0.25) is 0 Å². The van der Waals surface area contributed by atoms with Gasteiger partial charge in [0.25, 0.3) is 0 Å². The van der Waals surface area contributed by atoms with Crippen molar-refractivity contribution in [3.63, 3.8) is 0 Å². The summed E-state index contributed by atoms with van der Waals surface area (Å²) in [6.07, 6.45) is 0. The summed E-state index contributed by atoms with van der Waals surface area (Å²) in [6.45, 7) is 0.443. The van der Waals surface area contributed by atoms with E-state index in [4.69, 9.17) is 5.26 Å². The van der Waals surface area contributed by atoms with Crippen LogP contribution in [0.15, 0.2) is 36.4 Å². The van der Waals surface area contributed by atoms with Crippen LogP contribution in [0.5, 0.6) is 0 Å². The molecule has 0 fully saturated rings. The van der Waals surface area contributed by atoms with Gasteiger partial charge in [-0.15, -0.1) is 0 Å². The lowest BCUT2D eigenvalue weighted by Gasteiger charge is -2.21. The highest BCUT2D eigenvalue weighted by Gasteiger charge is 2.23. The van der Waals surface area contributed by atoms with Crippen LogP contribution >= 0.6 is 0 Å². The van der Waals surface area contributed by atoms with E-state index in [2.05, 4.69) is 5.32 Å². The highest BCUT2D eigenvalue weighted by molar-refractivity contribution is 6.01. The molecule has 2 aromatic rings. The minimum atomic E-state index is -1.73. The van der Waals surface area contributed by atoms with Gasteiger partial charge in [0.1, 0.15) is 6.54 Å². The van der Waals surface area contributed by atoms with Crippen molar-refractivity contribution in [1.29, 1.82) is 5.26 Å². The number of amides is 2. The quantitative estimate of drug-likeness (QED) is 0.864. The smallest absolute Gasteiger partial charge is 0.244 e. The first-order valence-electron chi connectivity index (χ1n) is 7.05. The Balaban J connectivity index is 2.22. The fourth-order valence-electron chi connectivity index (χ4n) is 2.10. The lowest BCUT2D eigenvalue weighted by Crippen LogP contribution is -2.37. The van der Waals surface area contributed by atoms with Crippen LogP contribution in [0.25, 0.3) is 0 Å². The van der Waals surface area contributed by atoms with E-state index in [1.165, 1.54) is 18.2 Å². The number of nitrogens with zero attached hydrogens (tertiary/aromatic N) is 2. The molecule has 0 aliphatic carbocycles. The Kier molecular flexibility index (Phi) is 5.39. The molecule has 0 saturated heterocycles. The van der Waals surface area contributed by atoms with E-state index in [0.717, 1.165) is 13.0 Å². The van der Waals surface area contributed by atoms with Crippen LogP contribution in [0.4, 0.5) is 24.5 Å². The Morgan fingerprint density at radius 3 is 2.52 bits per heavy atom. The number of nitrogens with one attached hydrogen (secondary N) is 1. The molecule has 25 heavy (non-hydrogen) atoms. The van der Waals surface area contributed by atoms with Gasteiger partial charge in [-0.2, -0.15) is 5.26 Å². The summed E-state index contributed by atoms with van der Waals surface area (Å²) in [6, 6.07) is 9.46. The number of hydrogen-bond acceptors (Lipinski definition) is 3. The monoisotopic (exact) mass is 347 g/mol. The molecule has 8 heteroatoms. The van der Waals surface area contributed by atoms with Crippen LogP contribution in [0.3, 0.4) is 0 Å². The lowest BCUT2D eigenvalue weighted by atomic mass is 10.2. The van der Waals surface area contributed by atoms with Gasteiger partial charge in [0, 0.05) is 12.6 Å². The number of rotatable bonds is 4. The maximum absolute atomic E-state index is 13.9. The molecule has 128 valence electrons. The second-order valence-electron chi connectivity index (χ2n) is 5.04. The zero-order valence-corrected chi connectivity index (χ0v) is 13.0. The zero-order chi connectivity index (χ0) is 18.6. The summed E-state index contributed by atoms with van der Waals surface area (Å²) in [5.74, 6) is -6.12. The van der Waals surface area contributed by atoms with Gasteiger partial charge in [-0.25, -0.2) is 13.2 Å². The van der Waals surface area contributed by atoms with Crippen LogP contribution in [-0.2, 0) is 9.59 Å². The van der Waals surface area contributed by atoms with Crippen molar-refractivity contribution in [1.82, 2.24) is 0 Å². The second kappa shape index (κ2) is 7.49. The summed E-state index contributed by atoms with van der Waals surface area (Å²) in [7, 11) is 0. The second-order valence-corrected chi connectivity index (χ2v) is 5.04. The molecule has 0 bridgehead atoms. The van der Waals surface area contributed by atoms with Gasteiger partial charge in [0.05, 0.1) is 17.3 Å². The van der Waals surface area contributed by atoms with Crippen molar-refractivity contribution in [3.8, 4) is 6.07 Å². The van der Waals surface area contributed by atoms with E-state index >= 15 is 0 Å². The number of carbonyl (C=O) groups excluding carboxylic acids is 2. The third-order valence-corrected chi connectivity index (χ3v) is 3.26. The van der Waals surface area contributed by atoms with E-state index in [0.29, 0.717) is 22.2 Å². The van der Waals surface area contributed by atoms with E-state index < -0.39 is 41.5 Å². The Morgan fingerprint density at radius 2 is 1.88 bits per heavy atom. The van der Waals surface area contributed by atoms with Crippen LogP contribution in [-0.4, -0.2) is 18.4 Å². The normalized spacial score (nSPS) is 10.0. The SMILES string of the molecule is CC(=O)N(CC(=O)Nc1cccc(C#N)c1)c1ccc(F)c(F)c1F. The van der Waals surface area contributed by atoms with E-state index in [1.807, 2.05) is 6.07 Å². The Bertz CT molecular complexity index is 878. The minimum absolute atomic E-state index is 0.304. The third-order valence-electron chi connectivity index (χ3n) is 3.26. The molecule has 0 radical (unpaired) electrons. The molecule has 0 heterocycles. The van der Waals surface area contributed by atoms with E-state index in [-0.39, 0.29) is 0 Å². The molecule has 0 aromatic heterocycles. The summed E-state index contributed by atoms with van der Waals surface area (Å²) in [5, 5.41) is 11.3. The molecule has 2 rings (SSSR count). The molecule has 0 aliphatic heterocycles. The molecule has 0 saturated carbocycles. The van der Waals surface area contributed by atoms with Crippen molar-refractivity contribution in [3.05, 3.63) is 59.4 Å². The maximum Gasteiger partial charge on any atom is 0.244 e. The van der Waals surface area contributed by atoms with Gasteiger partial charge in [-0.05, 0) is 30.3 Å².